The molecule has 0 saturated carbocycles. The predicted octanol–water partition coefficient (Wildman–Crippen LogP) is 1.75. The topological polar surface area (TPSA) is 58.4 Å². The van der Waals surface area contributed by atoms with Crippen LogP contribution in [-0.2, 0) is 9.47 Å². The van der Waals surface area contributed by atoms with Crippen molar-refractivity contribution in [3.63, 3.8) is 0 Å². The van der Waals surface area contributed by atoms with Crippen molar-refractivity contribution in [1.29, 1.82) is 5.26 Å². The van der Waals surface area contributed by atoms with E-state index in [4.69, 9.17) is 14.7 Å². The van der Waals surface area contributed by atoms with E-state index in [0.29, 0.717) is 18.8 Å². The lowest BCUT2D eigenvalue weighted by molar-refractivity contribution is 0.191. The van der Waals surface area contributed by atoms with Gasteiger partial charge in [-0.15, -0.1) is 0 Å². The lowest BCUT2D eigenvalue weighted by Crippen LogP contribution is -2.30. The van der Waals surface area contributed by atoms with Gasteiger partial charge in [0.05, 0.1) is 18.2 Å². The minimum absolute atomic E-state index is 0.629. The van der Waals surface area contributed by atoms with E-state index >= 15 is 0 Å². The molecule has 0 atom stereocenters. The Labute approximate surface area is 114 Å². The molecule has 19 heavy (non-hydrogen) atoms. The molecule has 0 fully saturated rings. The standard InChI is InChI=1S/C14H21N3O2/c1-12-9-13(11-15)10-14(16-12)17(6-8-19-3)5-4-7-18-2/h9-10H,4-8H2,1-3H3. The number of methoxy groups -OCH3 is 2. The van der Waals surface area contributed by atoms with Gasteiger partial charge in [0, 0.05) is 39.6 Å². The highest BCUT2D eigenvalue weighted by Gasteiger charge is 2.09. The molecule has 5 nitrogen and oxygen atoms in total. The normalized spacial score (nSPS) is 10.2. The van der Waals surface area contributed by atoms with Crippen LogP contribution >= 0.6 is 0 Å². The molecule has 0 bridgehead atoms. The first-order valence-corrected chi connectivity index (χ1v) is 6.33. The first-order valence-electron chi connectivity index (χ1n) is 6.33. The first-order chi connectivity index (χ1) is 9.21. The van der Waals surface area contributed by atoms with Crippen molar-refractivity contribution in [3.05, 3.63) is 23.4 Å². The lowest BCUT2D eigenvalue weighted by atomic mass is 10.2. The van der Waals surface area contributed by atoms with Gasteiger partial charge in [0.25, 0.3) is 0 Å². The number of pyridine rings is 1. The molecule has 5 heteroatoms. The summed E-state index contributed by atoms with van der Waals surface area (Å²) in [6, 6.07) is 5.76. The molecule has 0 aliphatic heterocycles. The van der Waals surface area contributed by atoms with Gasteiger partial charge in [-0.25, -0.2) is 4.98 Å². The smallest absolute Gasteiger partial charge is 0.130 e. The van der Waals surface area contributed by atoms with Crippen LogP contribution in [0.1, 0.15) is 17.7 Å². The summed E-state index contributed by atoms with van der Waals surface area (Å²) in [5.74, 6) is 0.824. The van der Waals surface area contributed by atoms with E-state index in [0.717, 1.165) is 31.0 Å². The maximum Gasteiger partial charge on any atom is 0.130 e. The van der Waals surface area contributed by atoms with Crippen molar-refractivity contribution in [2.24, 2.45) is 0 Å². The van der Waals surface area contributed by atoms with Crippen molar-refractivity contribution >= 4 is 5.82 Å². The quantitative estimate of drug-likeness (QED) is 0.669. The first kappa shape index (κ1) is 15.4. The molecule has 0 aromatic carbocycles. The summed E-state index contributed by atoms with van der Waals surface area (Å²) in [5.41, 5.74) is 1.49. The Hall–Kier alpha value is -1.64. The summed E-state index contributed by atoms with van der Waals surface area (Å²) < 4.78 is 10.2. The monoisotopic (exact) mass is 263 g/mol. The average Bonchev–Trinajstić information content (AvgIpc) is 2.42. The molecule has 104 valence electrons. The Bertz CT molecular complexity index is 429. The van der Waals surface area contributed by atoms with E-state index in [2.05, 4.69) is 16.0 Å². The summed E-state index contributed by atoms with van der Waals surface area (Å²) in [5, 5.41) is 9.02. The number of aromatic nitrogens is 1. The van der Waals surface area contributed by atoms with Crippen LogP contribution in [0, 0.1) is 18.3 Å². The van der Waals surface area contributed by atoms with Crippen LogP contribution in [0.3, 0.4) is 0 Å². The highest BCUT2D eigenvalue weighted by Crippen LogP contribution is 2.15. The van der Waals surface area contributed by atoms with Crippen molar-refractivity contribution in [2.45, 2.75) is 13.3 Å². The molecule has 1 rings (SSSR count). The summed E-state index contributed by atoms with van der Waals surface area (Å²) in [6.07, 6.45) is 0.914. The fourth-order valence-corrected chi connectivity index (χ4v) is 1.82. The molecular weight excluding hydrogens is 242 g/mol. The minimum atomic E-state index is 0.629. The second kappa shape index (κ2) is 8.46. The predicted molar refractivity (Wildman–Crippen MR) is 74.3 cm³/mol. The lowest BCUT2D eigenvalue weighted by Gasteiger charge is -2.23. The fourth-order valence-electron chi connectivity index (χ4n) is 1.82. The van der Waals surface area contributed by atoms with Crippen LogP contribution in [0.15, 0.2) is 12.1 Å². The van der Waals surface area contributed by atoms with Crippen LogP contribution < -0.4 is 4.90 Å². The number of hydrogen-bond donors (Lipinski definition) is 0. The zero-order valence-corrected chi connectivity index (χ0v) is 11.8. The maximum absolute atomic E-state index is 9.02. The van der Waals surface area contributed by atoms with Crippen LogP contribution in [0.5, 0.6) is 0 Å². The highest BCUT2D eigenvalue weighted by atomic mass is 16.5. The Morgan fingerprint density at radius 1 is 1.21 bits per heavy atom. The third-order valence-electron chi connectivity index (χ3n) is 2.73. The number of rotatable bonds is 8. The Morgan fingerprint density at radius 2 is 1.95 bits per heavy atom. The van der Waals surface area contributed by atoms with Gasteiger partial charge in [0.1, 0.15) is 5.82 Å². The summed E-state index contributed by atoms with van der Waals surface area (Å²) >= 11 is 0. The Kier molecular flexibility index (Phi) is 6.86. The third kappa shape index (κ3) is 5.25. The van der Waals surface area contributed by atoms with E-state index in [1.54, 1.807) is 20.3 Å². The van der Waals surface area contributed by atoms with Gasteiger partial charge in [-0.1, -0.05) is 0 Å². The number of nitrogens with zero attached hydrogens (tertiary/aromatic N) is 3. The molecule has 0 unspecified atom stereocenters. The molecule has 0 radical (unpaired) electrons. The van der Waals surface area contributed by atoms with Gasteiger partial charge in [-0.05, 0) is 25.5 Å². The van der Waals surface area contributed by atoms with Gasteiger partial charge in [0.15, 0.2) is 0 Å². The summed E-state index contributed by atoms with van der Waals surface area (Å²) in [4.78, 5) is 6.61. The van der Waals surface area contributed by atoms with Gasteiger partial charge >= 0.3 is 0 Å². The largest absolute Gasteiger partial charge is 0.385 e. The van der Waals surface area contributed by atoms with Crippen LogP contribution in [-0.4, -0.2) is 45.5 Å². The zero-order chi connectivity index (χ0) is 14.1. The van der Waals surface area contributed by atoms with Crippen molar-refractivity contribution in [1.82, 2.24) is 4.98 Å². The molecule has 1 aromatic rings. The second-order valence-corrected chi connectivity index (χ2v) is 4.29. The number of ether oxygens (including phenoxy) is 2. The van der Waals surface area contributed by atoms with Crippen molar-refractivity contribution in [3.8, 4) is 6.07 Å². The minimum Gasteiger partial charge on any atom is -0.385 e. The molecule has 0 aliphatic carbocycles. The second-order valence-electron chi connectivity index (χ2n) is 4.29. The van der Waals surface area contributed by atoms with Gasteiger partial charge < -0.3 is 14.4 Å². The number of hydrogen-bond acceptors (Lipinski definition) is 5. The average molecular weight is 263 g/mol. The van der Waals surface area contributed by atoms with Crippen molar-refractivity contribution in [2.75, 3.05) is 45.4 Å². The molecule has 0 aliphatic rings. The molecule has 1 aromatic heterocycles. The van der Waals surface area contributed by atoms with Crippen LogP contribution in [0.25, 0.3) is 0 Å². The number of nitriles is 1. The molecular formula is C14H21N3O2. The SMILES string of the molecule is COCCCN(CCOC)c1cc(C#N)cc(C)n1. The number of aryl methyl sites for hydroxylation is 1. The van der Waals surface area contributed by atoms with Crippen LogP contribution in [0.4, 0.5) is 5.82 Å². The molecule has 0 saturated heterocycles. The maximum atomic E-state index is 9.02. The zero-order valence-electron chi connectivity index (χ0n) is 11.8. The fraction of sp³-hybridized carbons (Fsp3) is 0.571. The number of anilines is 1. The highest BCUT2D eigenvalue weighted by molar-refractivity contribution is 5.46. The van der Waals surface area contributed by atoms with Gasteiger partial charge in [0.2, 0.25) is 0 Å². The van der Waals surface area contributed by atoms with Gasteiger partial charge in [-0.3, -0.25) is 0 Å². The summed E-state index contributed by atoms with van der Waals surface area (Å²) in [6.45, 7) is 4.82. The Morgan fingerprint density at radius 3 is 2.58 bits per heavy atom. The molecule has 0 amide bonds. The molecule has 0 spiro atoms. The van der Waals surface area contributed by atoms with E-state index < -0.39 is 0 Å². The van der Waals surface area contributed by atoms with E-state index in [-0.39, 0.29) is 0 Å². The molecule has 0 N–H and O–H groups in total. The van der Waals surface area contributed by atoms with E-state index in [1.807, 2.05) is 13.0 Å². The Balaban J connectivity index is 2.82. The summed E-state index contributed by atoms with van der Waals surface area (Å²) in [7, 11) is 3.37. The van der Waals surface area contributed by atoms with Crippen LogP contribution in [0.2, 0.25) is 0 Å². The van der Waals surface area contributed by atoms with Crippen molar-refractivity contribution < 1.29 is 9.47 Å². The molecule has 1 heterocycles. The van der Waals surface area contributed by atoms with E-state index in [1.165, 1.54) is 0 Å². The van der Waals surface area contributed by atoms with Gasteiger partial charge in [-0.2, -0.15) is 5.26 Å². The third-order valence-corrected chi connectivity index (χ3v) is 2.73. The van der Waals surface area contributed by atoms with E-state index in [9.17, 15) is 0 Å².